The summed E-state index contributed by atoms with van der Waals surface area (Å²) in [4.78, 5) is 38.4. The van der Waals surface area contributed by atoms with Crippen LogP contribution in [0, 0.1) is 5.41 Å². The minimum atomic E-state index is -1.05. The Morgan fingerprint density at radius 3 is 2.20 bits per heavy atom. The van der Waals surface area contributed by atoms with Crippen LogP contribution in [0.2, 0.25) is 0 Å². The van der Waals surface area contributed by atoms with E-state index in [1.165, 1.54) is 17.0 Å². The molecule has 0 atom stereocenters. The number of alkyl carbamates (subject to hydrolysis) is 1. The van der Waals surface area contributed by atoms with E-state index in [2.05, 4.69) is 29.6 Å². The Kier molecular flexibility index (Phi) is 5.76. The van der Waals surface area contributed by atoms with Crippen molar-refractivity contribution in [3.63, 3.8) is 0 Å². The van der Waals surface area contributed by atoms with E-state index < -0.39 is 17.5 Å². The normalized spacial score (nSPS) is 15.0. The van der Waals surface area contributed by atoms with Gasteiger partial charge in [-0.25, -0.2) is 9.59 Å². The quantitative estimate of drug-likeness (QED) is 0.523. The smallest absolute Gasteiger partial charge is 0.407 e. The second-order valence-corrected chi connectivity index (χ2v) is 9.18. The van der Waals surface area contributed by atoms with Gasteiger partial charge in [-0.05, 0) is 53.3 Å². The molecule has 35 heavy (non-hydrogen) atoms. The van der Waals surface area contributed by atoms with Gasteiger partial charge >= 0.3 is 12.1 Å². The zero-order chi connectivity index (χ0) is 24.6. The third-order valence-corrected chi connectivity index (χ3v) is 7.01. The Balaban J connectivity index is 1.20. The van der Waals surface area contributed by atoms with Crippen LogP contribution in [0.1, 0.15) is 40.2 Å². The minimum absolute atomic E-state index is 0.0303. The second kappa shape index (κ2) is 8.91. The molecule has 5 rings (SSSR count). The summed E-state index contributed by atoms with van der Waals surface area (Å²) in [5.74, 6) is -1.23. The van der Waals surface area contributed by atoms with Gasteiger partial charge in [0, 0.05) is 25.2 Å². The van der Waals surface area contributed by atoms with Crippen LogP contribution < -0.4 is 10.2 Å². The van der Waals surface area contributed by atoms with Crippen molar-refractivity contribution in [3.8, 4) is 11.1 Å². The molecule has 1 fully saturated rings. The van der Waals surface area contributed by atoms with E-state index in [4.69, 9.17) is 4.74 Å². The maximum absolute atomic E-state index is 13.1. The average Bonchev–Trinajstić information content (AvgIpc) is 3.62. The summed E-state index contributed by atoms with van der Waals surface area (Å²) in [7, 11) is 1.62. The molecular weight excluding hydrogens is 444 g/mol. The zero-order valence-electron chi connectivity index (χ0n) is 19.4. The molecule has 3 aromatic rings. The van der Waals surface area contributed by atoms with Crippen molar-refractivity contribution in [2.75, 3.05) is 25.1 Å². The van der Waals surface area contributed by atoms with E-state index in [1.54, 1.807) is 19.2 Å². The first-order chi connectivity index (χ1) is 16.9. The van der Waals surface area contributed by atoms with Crippen LogP contribution in [0.25, 0.3) is 11.1 Å². The van der Waals surface area contributed by atoms with Crippen LogP contribution in [-0.4, -0.2) is 43.3 Å². The third kappa shape index (κ3) is 4.25. The van der Waals surface area contributed by atoms with Crippen LogP contribution in [0.3, 0.4) is 0 Å². The van der Waals surface area contributed by atoms with Crippen LogP contribution in [0.5, 0.6) is 0 Å². The lowest BCUT2D eigenvalue weighted by Gasteiger charge is -2.24. The van der Waals surface area contributed by atoms with E-state index in [0.717, 1.165) is 22.3 Å². The van der Waals surface area contributed by atoms with Crippen LogP contribution in [-0.2, 0) is 9.53 Å². The van der Waals surface area contributed by atoms with Gasteiger partial charge in [0.1, 0.15) is 6.61 Å². The molecule has 0 aliphatic heterocycles. The number of fused-ring (bicyclic) bond motifs is 3. The van der Waals surface area contributed by atoms with Gasteiger partial charge in [-0.1, -0.05) is 54.6 Å². The number of carboxylic acid groups (broad SMARTS) is 1. The Hall–Kier alpha value is -4.13. The summed E-state index contributed by atoms with van der Waals surface area (Å²) >= 11 is 0. The summed E-state index contributed by atoms with van der Waals surface area (Å²) in [6.07, 6.45) is 0.748. The molecule has 0 bridgehead atoms. The molecule has 0 saturated heterocycles. The number of nitrogens with one attached hydrogen (secondary N) is 1. The molecule has 1 saturated carbocycles. The highest BCUT2D eigenvalue weighted by atomic mass is 16.5. The molecule has 2 aliphatic rings. The first-order valence-corrected chi connectivity index (χ1v) is 11.6. The first kappa shape index (κ1) is 22.7. The Morgan fingerprint density at radius 2 is 1.60 bits per heavy atom. The number of rotatable bonds is 7. The Labute approximate surface area is 203 Å². The third-order valence-electron chi connectivity index (χ3n) is 7.01. The number of anilines is 1. The van der Waals surface area contributed by atoms with E-state index in [1.807, 2.05) is 24.3 Å². The summed E-state index contributed by atoms with van der Waals surface area (Å²) < 4.78 is 5.59. The fourth-order valence-electron chi connectivity index (χ4n) is 4.83. The van der Waals surface area contributed by atoms with Gasteiger partial charge in [-0.15, -0.1) is 0 Å². The van der Waals surface area contributed by atoms with Gasteiger partial charge in [-0.2, -0.15) is 0 Å². The lowest BCUT2D eigenvalue weighted by molar-refractivity contribution is -0.123. The molecule has 0 aromatic heterocycles. The molecule has 3 aromatic carbocycles. The van der Waals surface area contributed by atoms with Crippen molar-refractivity contribution in [2.24, 2.45) is 5.41 Å². The maximum atomic E-state index is 13.1. The average molecular weight is 471 g/mol. The van der Waals surface area contributed by atoms with Crippen molar-refractivity contribution < 1.29 is 24.2 Å². The number of carbonyl (C=O) groups is 3. The van der Waals surface area contributed by atoms with Gasteiger partial charge in [-0.3, -0.25) is 4.79 Å². The zero-order valence-corrected chi connectivity index (χ0v) is 19.4. The summed E-state index contributed by atoms with van der Waals surface area (Å²) in [5, 5.41) is 12.0. The SMILES string of the molecule is CN(C(=O)C1(CNC(=O)OCC2c3ccccc3-c3ccccc32)CC1)c1cccc(C(=O)O)c1. The molecule has 2 N–H and O–H groups in total. The van der Waals surface area contributed by atoms with Crippen molar-refractivity contribution >= 4 is 23.7 Å². The number of benzene rings is 3. The van der Waals surface area contributed by atoms with Crippen molar-refractivity contribution in [1.29, 1.82) is 0 Å². The van der Waals surface area contributed by atoms with Crippen molar-refractivity contribution in [1.82, 2.24) is 5.32 Å². The first-order valence-electron chi connectivity index (χ1n) is 11.6. The number of amides is 2. The number of aromatic carboxylic acids is 1. The monoisotopic (exact) mass is 470 g/mol. The van der Waals surface area contributed by atoms with Crippen LogP contribution >= 0.6 is 0 Å². The summed E-state index contributed by atoms with van der Waals surface area (Å²) in [6, 6.07) is 22.5. The standard InChI is InChI=1S/C28H26N2O5/c1-30(19-8-6-7-18(15-19)25(31)32)26(33)28(13-14-28)17-29-27(34)35-16-24-22-11-4-2-9-20(22)21-10-3-5-12-23(21)24/h2-12,15,24H,13-14,16-17H2,1H3,(H,29,34)(H,31,32). The molecule has 7 heteroatoms. The largest absolute Gasteiger partial charge is 0.478 e. The van der Waals surface area contributed by atoms with E-state index in [9.17, 15) is 19.5 Å². The fraction of sp³-hybridized carbons (Fsp3) is 0.250. The number of carbonyl (C=O) groups excluding carboxylic acids is 2. The van der Waals surface area contributed by atoms with Crippen molar-refractivity contribution in [3.05, 3.63) is 89.5 Å². The van der Waals surface area contributed by atoms with Crippen LogP contribution in [0.4, 0.5) is 10.5 Å². The molecule has 0 radical (unpaired) electrons. The number of ether oxygens (including phenoxy) is 1. The highest BCUT2D eigenvalue weighted by Crippen LogP contribution is 2.47. The molecule has 0 unspecified atom stereocenters. The Morgan fingerprint density at radius 1 is 0.971 bits per heavy atom. The van der Waals surface area contributed by atoms with E-state index in [-0.39, 0.29) is 30.5 Å². The highest BCUT2D eigenvalue weighted by molar-refractivity contribution is 6.00. The summed E-state index contributed by atoms with van der Waals surface area (Å²) in [5.41, 5.74) is 4.52. The van der Waals surface area contributed by atoms with Crippen molar-refractivity contribution in [2.45, 2.75) is 18.8 Å². The fourth-order valence-corrected chi connectivity index (χ4v) is 4.83. The van der Waals surface area contributed by atoms with Gasteiger partial charge < -0.3 is 20.1 Å². The molecule has 2 aliphatic carbocycles. The highest BCUT2D eigenvalue weighted by Gasteiger charge is 2.51. The van der Waals surface area contributed by atoms with E-state index >= 15 is 0 Å². The molecule has 0 spiro atoms. The lowest BCUT2D eigenvalue weighted by atomic mass is 9.98. The number of carboxylic acids is 1. The molecule has 178 valence electrons. The molecule has 7 nitrogen and oxygen atoms in total. The lowest BCUT2D eigenvalue weighted by Crippen LogP contribution is -2.41. The topological polar surface area (TPSA) is 95.9 Å². The summed E-state index contributed by atoms with van der Waals surface area (Å²) in [6.45, 7) is 0.383. The predicted octanol–water partition coefficient (Wildman–Crippen LogP) is 4.67. The number of hydrogen-bond acceptors (Lipinski definition) is 4. The minimum Gasteiger partial charge on any atom is -0.478 e. The van der Waals surface area contributed by atoms with Gasteiger partial charge in [0.2, 0.25) is 5.91 Å². The number of nitrogens with zero attached hydrogens (tertiary/aromatic N) is 1. The predicted molar refractivity (Wildman–Crippen MR) is 132 cm³/mol. The number of hydrogen-bond donors (Lipinski definition) is 2. The van der Waals surface area contributed by atoms with E-state index in [0.29, 0.717) is 18.5 Å². The van der Waals surface area contributed by atoms with Gasteiger partial charge in [0.05, 0.1) is 11.0 Å². The Bertz CT molecular complexity index is 1270. The molecule has 2 amide bonds. The maximum Gasteiger partial charge on any atom is 0.407 e. The molecule has 0 heterocycles. The van der Waals surface area contributed by atoms with Crippen LogP contribution in [0.15, 0.2) is 72.8 Å². The molecular formula is C28H26N2O5. The second-order valence-electron chi connectivity index (χ2n) is 9.18. The van der Waals surface area contributed by atoms with Gasteiger partial charge in [0.25, 0.3) is 0 Å². The van der Waals surface area contributed by atoms with Gasteiger partial charge in [0.15, 0.2) is 0 Å².